The van der Waals surface area contributed by atoms with Crippen molar-refractivity contribution in [3.05, 3.63) is 22.4 Å². The van der Waals surface area contributed by atoms with Crippen molar-refractivity contribution >= 4 is 28.1 Å². The Labute approximate surface area is 117 Å². The van der Waals surface area contributed by atoms with Crippen molar-refractivity contribution < 1.29 is 4.74 Å². The number of hydrogen-bond acceptors (Lipinski definition) is 4. The lowest BCUT2D eigenvalue weighted by atomic mass is 10.2. The summed E-state index contributed by atoms with van der Waals surface area (Å²) in [4.78, 5) is 16.6. The van der Waals surface area contributed by atoms with Crippen molar-refractivity contribution in [3.8, 4) is 6.01 Å². The molecule has 0 fully saturated rings. The van der Waals surface area contributed by atoms with Crippen LogP contribution in [0.5, 0.6) is 6.01 Å². The average Bonchev–Trinajstić information content (AvgIpc) is 2.72. The van der Waals surface area contributed by atoms with E-state index in [1.54, 1.807) is 15.3 Å². The third-order valence-corrected chi connectivity index (χ3v) is 3.85. The first-order chi connectivity index (χ1) is 8.58. The molecule has 2 aromatic heterocycles. The van der Waals surface area contributed by atoms with Gasteiger partial charge in [0.15, 0.2) is 9.63 Å². The van der Waals surface area contributed by atoms with E-state index in [9.17, 15) is 4.79 Å². The molecule has 7 heteroatoms. The van der Waals surface area contributed by atoms with Gasteiger partial charge in [-0.05, 0) is 22.6 Å². The fourth-order valence-corrected chi connectivity index (χ4v) is 2.56. The van der Waals surface area contributed by atoms with Crippen LogP contribution >= 0.6 is 22.6 Å². The summed E-state index contributed by atoms with van der Waals surface area (Å²) in [6.07, 6.45) is 2.41. The summed E-state index contributed by atoms with van der Waals surface area (Å²) in [5.74, 6) is 0.992. The third kappa shape index (κ3) is 1.72. The molecule has 6 nitrogen and oxygen atoms in total. The lowest BCUT2D eigenvalue weighted by molar-refractivity contribution is 0.202. The lowest BCUT2D eigenvalue weighted by Gasteiger charge is -2.22. The first-order valence-electron chi connectivity index (χ1n) is 5.87. The molecule has 0 N–H and O–H groups in total. The zero-order valence-electron chi connectivity index (χ0n) is 10.1. The van der Waals surface area contributed by atoms with Crippen LogP contribution in [0.25, 0.3) is 5.52 Å². The van der Waals surface area contributed by atoms with Crippen molar-refractivity contribution in [2.24, 2.45) is 0 Å². The maximum atomic E-state index is 12.3. The van der Waals surface area contributed by atoms with Gasteiger partial charge in [-0.1, -0.05) is 13.8 Å². The molecule has 1 aliphatic heterocycles. The van der Waals surface area contributed by atoms with Crippen LogP contribution in [0.1, 0.15) is 32.0 Å². The molecule has 3 heterocycles. The zero-order chi connectivity index (χ0) is 12.9. The van der Waals surface area contributed by atoms with Crippen LogP contribution in [0.15, 0.2) is 11.0 Å². The molecular weight excluding hydrogens is 347 g/mol. The summed E-state index contributed by atoms with van der Waals surface area (Å²) in [5.41, 5.74) is 0.431. The highest BCUT2D eigenvalue weighted by Crippen LogP contribution is 2.21. The molecule has 1 unspecified atom stereocenters. The van der Waals surface area contributed by atoms with E-state index in [2.05, 4.69) is 32.7 Å². The Bertz CT molecular complexity index is 661. The van der Waals surface area contributed by atoms with Crippen molar-refractivity contribution in [1.29, 1.82) is 0 Å². The minimum atomic E-state index is -0.0808. The molecule has 18 heavy (non-hydrogen) atoms. The highest BCUT2D eigenvalue weighted by molar-refractivity contribution is 14.1. The van der Waals surface area contributed by atoms with E-state index < -0.39 is 0 Å². The molecule has 0 spiro atoms. The number of fused-ring (bicyclic) bond motifs is 2. The number of aromatic nitrogens is 4. The van der Waals surface area contributed by atoms with Gasteiger partial charge < -0.3 is 4.74 Å². The normalized spacial score (nSPS) is 19.0. The number of hydrogen-bond donors (Lipinski definition) is 0. The van der Waals surface area contributed by atoms with E-state index in [1.807, 2.05) is 13.8 Å². The van der Waals surface area contributed by atoms with E-state index in [4.69, 9.17) is 4.74 Å². The summed E-state index contributed by atoms with van der Waals surface area (Å²) in [5, 5.41) is 4.40. The Morgan fingerprint density at radius 2 is 2.33 bits per heavy atom. The van der Waals surface area contributed by atoms with Gasteiger partial charge in [-0.15, -0.1) is 5.10 Å². The first kappa shape index (κ1) is 11.9. The Hall–Kier alpha value is -1.12. The van der Waals surface area contributed by atoms with Gasteiger partial charge in [-0.25, -0.2) is 9.50 Å². The third-order valence-electron chi connectivity index (χ3n) is 2.97. The van der Waals surface area contributed by atoms with Gasteiger partial charge >= 0.3 is 6.01 Å². The second-order valence-corrected chi connectivity index (χ2v) is 6.01. The van der Waals surface area contributed by atoms with Crippen LogP contribution in [-0.4, -0.2) is 23.3 Å². The number of alkyl halides is 1. The molecule has 0 bridgehead atoms. The SMILES string of the molecule is CC(C)c1ncc2c(=O)n3c(nn12)OC(I)CC3. The lowest BCUT2D eigenvalue weighted by Crippen LogP contribution is -2.32. The van der Waals surface area contributed by atoms with Gasteiger partial charge in [0.1, 0.15) is 5.82 Å². The predicted octanol–water partition coefficient (Wildman–Crippen LogP) is 1.56. The molecule has 0 aliphatic carbocycles. The molecule has 1 aliphatic rings. The summed E-state index contributed by atoms with van der Waals surface area (Å²) in [6, 6.07) is 0.387. The highest BCUT2D eigenvalue weighted by Gasteiger charge is 2.23. The van der Waals surface area contributed by atoms with Gasteiger partial charge in [-0.2, -0.15) is 0 Å². The van der Waals surface area contributed by atoms with Crippen LogP contribution in [0.4, 0.5) is 0 Å². The van der Waals surface area contributed by atoms with Crippen molar-refractivity contribution in [2.75, 3.05) is 0 Å². The van der Waals surface area contributed by atoms with E-state index in [1.165, 1.54) is 0 Å². The standard InChI is InChI=1S/C11H13IN4O2/c1-6(2)9-13-5-7-10(17)15-4-3-8(12)18-11(15)14-16(7)9/h5-6,8H,3-4H2,1-2H3. The monoisotopic (exact) mass is 360 g/mol. The number of rotatable bonds is 1. The van der Waals surface area contributed by atoms with Gasteiger partial charge in [0.05, 0.1) is 6.20 Å². The van der Waals surface area contributed by atoms with Crippen LogP contribution in [0.3, 0.4) is 0 Å². The molecule has 0 amide bonds. The maximum Gasteiger partial charge on any atom is 0.318 e. The summed E-state index contributed by atoms with van der Waals surface area (Å²) in [6.45, 7) is 4.69. The van der Waals surface area contributed by atoms with Gasteiger partial charge in [0.2, 0.25) is 0 Å². The fourth-order valence-electron chi connectivity index (χ4n) is 2.06. The molecule has 2 aromatic rings. The Balaban J connectivity index is 2.29. The molecule has 0 aromatic carbocycles. The molecule has 0 radical (unpaired) electrons. The summed E-state index contributed by atoms with van der Waals surface area (Å²) in [7, 11) is 0. The van der Waals surface area contributed by atoms with Crippen molar-refractivity contribution in [3.63, 3.8) is 0 Å². The fraction of sp³-hybridized carbons (Fsp3) is 0.545. The molecule has 1 atom stereocenters. The number of ether oxygens (including phenoxy) is 1. The zero-order valence-corrected chi connectivity index (χ0v) is 12.3. The van der Waals surface area contributed by atoms with Crippen LogP contribution < -0.4 is 10.3 Å². The van der Waals surface area contributed by atoms with Gasteiger partial charge in [-0.3, -0.25) is 9.36 Å². The Kier molecular flexibility index (Phi) is 2.80. The quantitative estimate of drug-likeness (QED) is 0.572. The van der Waals surface area contributed by atoms with E-state index in [0.29, 0.717) is 18.1 Å². The highest BCUT2D eigenvalue weighted by atomic mass is 127. The smallest absolute Gasteiger partial charge is 0.318 e. The number of nitrogens with zero attached hydrogens (tertiary/aromatic N) is 4. The van der Waals surface area contributed by atoms with Crippen molar-refractivity contribution in [2.45, 2.75) is 36.8 Å². The second kappa shape index (κ2) is 4.22. The predicted molar refractivity (Wildman–Crippen MR) is 74.4 cm³/mol. The molecule has 3 rings (SSSR count). The topological polar surface area (TPSA) is 61.4 Å². The van der Waals surface area contributed by atoms with Crippen LogP contribution in [0, 0.1) is 0 Å². The van der Waals surface area contributed by atoms with Crippen LogP contribution in [0.2, 0.25) is 0 Å². The Morgan fingerprint density at radius 1 is 1.56 bits per heavy atom. The minimum Gasteiger partial charge on any atom is -0.449 e. The van der Waals surface area contributed by atoms with Gasteiger partial charge in [0, 0.05) is 18.9 Å². The number of imidazole rings is 1. The van der Waals surface area contributed by atoms with E-state index in [-0.39, 0.29) is 15.6 Å². The second-order valence-electron chi connectivity index (χ2n) is 4.62. The van der Waals surface area contributed by atoms with E-state index in [0.717, 1.165) is 12.2 Å². The maximum absolute atomic E-state index is 12.3. The van der Waals surface area contributed by atoms with E-state index >= 15 is 0 Å². The van der Waals surface area contributed by atoms with Crippen molar-refractivity contribution in [1.82, 2.24) is 19.2 Å². The summed E-state index contributed by atoms with van der Waals surface area (Å²) >= 11 is 2.21. The largest absolute Gasteiger partial charge is 0.449 e. The van der Waals surface area contributed by atoms with Gasteiger partial charge in [0.25, 0.3) is 5.56 Å². The number of halogens is 1. The average molecular weight is 360 g/mol. The van der Waals surface area contributed by atoms with Crippen LogP contribution in [-0.2, 0) is 6.54 Å². The first-order valence-corrected chi connectivity index (χ1v) is 7.11. The molecule has 0 saturated heterocycles. The minimum absolute atomic E-state index is 0.0676. The Morgan fingerprint density at radius 3 is 3.06 bits per heavy atom. The molecule has 0 saturated carbocycles. The molecular formula is C11H13IN4O2. The molecule has 96 valence electrons. The summed E-state index contributed by atoms with van der Waals surface area (Å²) < 4.78 is 8.87.